The smallest absolute Gasteiger partial charge is 0.261 e. The SMILES string of the molecule is Cc1cc(C(=O)Nc2nc3cc(N4CCC(N5CCN(C)CC5)CC4)ccc3n2[C@H]2CC[C@@](C)(O)CC2)c(F)c(-c2cnn(C)c2C)n1. The fourth-order valence-electron chi connectivity index (χ4n) is 7.80. The minimum atomic E-state index is -0.710. The monoisotopic (exact) mass is 657 g/mol. The molecule has 2 N–H and O–H groups in total. The summed E-state index contributed by atoms with van der Waals surface area (Å²) in [6.07, 6.45) is 6.64. The molecule has 2 aliphatic heterocycles. The van der Waals surface area contributed by atoms with E-state index in [0.29, 0.717) is 36.1 Å². The van der Waals surface area contributed by atoms with Crippen LogP contribution >= 0.6 is 0 Å². The van der Waals surface area contributed by atoms with E-state index in [1.54, 1.807) is 24.9 Å². The molecule has 1 saturated carbocycles. The Morgan fingerprint density at radius 2 is 1.67 bits per heavy atom. The number of pyridine rings is 1. The first-order valence-corrected chi connectivity index (χ1v) is 17.4. The molecule has 0 atom stereocenters. The molecule has 3 fully saturated rings. The number of likely N-dealkylation sites (N-methyl/N-ethyl adjacent to an activating group) is 1. The molecule has 0 spiro atoms. The summed E-state index contributed by atoms with van der Waals surface area (Å²) < 4.78 is 19.8. The van der Waals surface area contributed by atoms with Crippen LogP contribution in [0.3, 0.4) is 0 Å². The highest BCUT2D eigenvalue weighted by molar-refractivity contribution is 6.05. The van der Waals surface area contributed by atoms with Gasteiger partial charge < -0.3 is 19.5 Å². The topological polar surface area (TPSA) is 108 Å². The molecule has 1 aromatic carbocycles. The van der Waals surface area contributed by atoms with Crippen molar-refractivity contribution >= 4 is 28.6 Å². The number of anilines is 2. The minimum absolute atomic E-state index is 0.0355. The molecule has 4 aromatic rings. The van der Waals surface area contributed by atoms with Gasteiger partial charge in [-0.1, -0.05) is 0 Å². The van der Waals surface area contributed by atoms with Crippen molar-refractivity contribution in [2.75, 3.05) is 56.5 Å². The molecule has 256 valence electrons. The number of hydrogen-bond donors (Lipinski definition) is 2. The Hall–Kier alpha value is -3.87. The Balaban J connectivity index is 1.17. The van der Waals surface area contributed by atoms with Crippen LogP contribution < -0.4 is 10.2 Å². The van der Waals surface area contributed by atoms with Gasteiger partial charge in [0.05, 0.1) is 28.4 Å². The molecule has 1 aliphatic carbocycles. The van der Waals surface area contributed by atoms with E-state index in [2.05, 4.69) is 59.9 Å². The third kappa shape index (κ3) is 6.33. The molecule has 3 aromatic heterocycles. The fourth-order valence-corrected chi connectivity index (χ4v) is 7.80. The minimum Gasteiger partial charge on any atom is -0.390 e. The zero-order valence-corrected chi connectivity index (χ0v) is 28.8. The highest BCUT2D eigenvalue weighted by Crippen LogP contribution is 2.39. The van der Waals surface area contributed by atoms with Crippen LogP contribution in [0.2, 0.25) is 0 Å². The first-order chi connectivity index (χ1) is 23.0. The zero-order valence-electron chi connectivity index (χ0n) is 28.8. The fraction of sp³-hybridized carbons (Fsp3) is 0.556. The molecule has 2 saturated heterocycles. The molecule has 0 bridgehead atoms. The van der Waals surface area contributed by atoms with Crippen LogP contribution in [0.15, 0.2) is 30.5 Å². The molecular weight excluding hydrogens is 609 g/mol. The van der Waals surface area contributed by atoms with Crippen LogP contribution in [0.25, 0.3) is 22.3 Å². The quantitative estimate of drug-likeness (QED) is 0.301. The Labute approximate surface area is 281 Å². The Kier molecular flexibility index (Phi) is 8.76. The number of benzene rings is 1. The number of aliphatic hydroxyl groups is 1. The van der Waals surface area contributed by atoms with Crippen LogP contribution in [0.1, 0.15) is 73.2 Å². The van der Waals surface area contributed by atoms with Crippen molar-refractivity contribution in [3.63, 3.8) is 0 Å². The molecule has 1 amide bonds. The third-order valence-electron chi connectivity index (χ3n) is 11.0. The van der Waals surface area contributed by atoms with Crippen molar-refractivity contribution in [1.82, 2.24) is 34.1 Å². The second kappa shape index (κ2) is 12.9. The molecule has 0 radical (unpaired) electrons. The number of nitrogens with one attached hydrogen (secondary N) is 1. The van der Waals surface area contributed by atoms with E-state index < -0.39 is 17.3 Å². The second-order valence-electron chi connectivity index (χ2n) is 14.5. The summed E-state index contributed by atoms with van der Waals surface area (Å²) in [6.45, 7) is 12.0. The molecule has 12 heteroatoms. The number of fused-ring (bicyclic) bond motifs is 1. The van der Waals surface area contributed by atoms with Gasteiger partial charge in [-0.3, -0.25) is 19.7 Å². The average molecular weight is 658 g/mol. The lowest BCUT2D eigenvalue weighted by Crippen LogP contribution is -2.52. The molecule has 7 rings (SSSR count). The maximum Gasteiger partial charge on any atom is 0.261 e. The number of halogens is 1. The van der Waals surface area contributed by atoms with Crippen molar-refractivity contribution in [3.8, 4) is 11.3 Å². The predicted octanol–water partition coefficient (Wildman–Crippen LogP) is 4.92. The lowest BCUT2D eigenvalue weighted by atomic mass is 9.83. The molecular formula is C36H48FN9O2. The molecule has 11 nitrogen and oxygen atoms in total. The van der Waals surface area contributed by atoms with E-state index in [1.807, 2.05) is 13.8 Å². The lowest BCUT2D eigenvalue weighted by molar-refractivity contribution is 0.0106. The average Bonchev–Trinajstić information content (AvgIpc) is 3.60. The lowest BCUT2D eigenvalue weighted by Gasteiger charge is -2.42. The van der Waals surface area contributed by atoms with Crippen LogP contribution in [-0.2, 0) is 7.05 Å². The summed E-state index contributed by atoms with van der Waals surface area (Å²) in [5.74, 6) is -0.875. The van der Waals surface area contributed by atoms with Crippen molar-refractivity contribution in [2.45, 2.75) is 77.0 Å². The number of piperazine rings is 1. The number of piperidine rings is 1. The summed E-state index contributed by atoms with van der Waals surface area (Å²) in [5, 5.41) is 17.9. The number of nitrogens with zero attached hydrogens (tertiary/aromatic N) is 8. The van der Waals surface area contributed by atoms with Crippen molar-refractivity contribution in [2.24, 2.45) is 7.05 Å². The number of hydrogen-bond acceptors (Lipinski definition) is 8. The predicted molar refractivity (Wildman–Crippen MR) is 186 cm³/mol. The first kappa shape index (κ1) is 32.7. The standard InChI is InChI=1S/C36H48FN9O2/c1-23-20-28(32(37)33(39-23)29-22-38-43(5)24(29)2)34(47)41-35-40-30-21-27(6-7-31(30)46(35)26-8-12-36(3,48)13-9-26)44-14-10-25(11-15-44)45-18-16-42(4)17-19-45/h6-7,20-22,25-26,48H,8-19H2,1-5H3,(H,40,41,47)/t26-,36+. The number of amides is 1. The van der Waals surface area contributed by atoms with Gasteiger partial charge in [0, 0.05) is 81.0 Å². The van der Waals surface area contributed by atoms with E-state index in [1.165, 1.54) is 6.07 Å². The molecule has 48 heavy (non-hydrogen) atoms. The van der Waals surface area contributed by atoms with Crippen molar-refractivity contribution in [3.05, 3.63) is 53.2 Å². The van der Waals surface area contributed by atoms with E-state index in [4.69, 9.17) is 4.98 Å². The number of aryl methyl sites for hydroxylation is 2. The van der Waals surface area contributed by atoms with Crippen molar-refractivity contribution in [1.29, 1.82) is 0 Å². The number of imidazole rings is 1. The zero-order chi connectivity index (χ0) is 33.7. The summed E-state index contributed by atoms with van der Waals surface area (Å²) in [5.41, 5.74) is 3.99. The normalized spacial score (nSPS) is 23.2. The highest BCUT2D eigenvalue weighted by atomic mass is 19.1. The number of rotatable bonds is 6. The van der Waals surface area contributed by atoms with Gasteiger partial charge in [0.2, 0.25) is 5.95 Å². The summed E-state index contributed by atoms with van der Waals surface area (Å²) >= 11 is 0. The number of carbonyl (C=O) groups is 1. The summed E-state index contributed by atoms with van der Waals surface area (Å²) in [6, 6.07) is 8.53. The highest BCUT2D eigenvalue weighted by Gasteiger charge is 2.33. The van der Waals surface area contributed by atoms with Gasteiger partial charge in [-0.05, 0) is 90.6 Å². The van der Waals surface area contributed by atoms with Crippen LogP contribution in [0.4, 0.5) is 16.0 Å². The second-order valence-corrected chi connectivity index (χ2v) is 14.5. The maximum atomic E-state index is 16.0. The van der Waals surface area contributed by atoms with E-state index >= 15 is 4.39 Å². The van der Waals surface area contributed by atoms with Gasteiger partial charge in [0.25, 0.3) is 5.91 Å². The largest absolute Gasteiger partial charge is 0.390 e. The van der Waals surface area contributed by atoms with E-state index in [0.717, 1.165) is 87.4 Å². The van der Waals surface area contributed by atoms with Gasteiger partial charge >= 0.3 is 0 Å². The van der Waals surface area contributed by atoms with E-state index in [-0.39, 0.29) is 17.3 Å². The van der Waals surface area contributed by atoms with Gasteiger partial charge in [0.1, 0.15) is 5.69 Å². The van der Waals surface area contributed by atoms with Gasteiger partial charge in [-0.15, -0.1) is 0 Å². The Bertz CT molecular complexity index is 1810. The van der Waals surface area contributed by atoms with Gasteiger partial charge in [-0.2, -0.15) is 5.10 Å². The third-order valence-corrected chi connectivity index (χ3v) is 11.0. The van der Waals surface area contributed by atoms with Crippen LogP contribution in [0.5, 0.6) is 0 Å². The van der Waals surface area contributed by atoms with Crippen molar-refractivity contribution < 1.29 is 14.3 Å². The molecule has 5 heterocycles. The van der Waals surface area contributed by atoms with Crippen LogP contribution in [0, 0.1) is 19.7 Å². The number of aromatic nitrogens is 5. The summed E-state index contributed by atoms with van der Waals surface area (Å²) in [7, 11) is 3.99. The molecule has 0 unspecified atom stereocenters. The molecule has 3 aliphatic rings. The Morgan fingerprint density at radius 3 is 2.33 bits per heavy atom. The van der Waals surface area contributed by atoms with Gasteiger partial charge in [-0.25, -0.2) is 14.4 Å². The maximum absolute atomic E-state index is 16.0. The Morgan fingerprint density at radius 1 is 0.958 bits per heavy atom. The van der Waals surface area contributed by atoms with E-state index in [9.17, 15) is 9.90 Å². The van der Waals surface area contributed by atoms with Gasteiger partial charge in [0.15, 0.2) is 5.82 Å². The number of carbonyl (C=O) groups excluding carboxylic acids is 1. The summed E-state index contributed by atoms with van der Waals surface area (Å²) in [4.78, 5) is 30.8. The van der Waals surface area contributed by atoms with Crippen LogP contribution in [-0.4, -0.2) is 103 Å². The first-order valence-electron chi connectivity index (χ1n) is 17.4.